The molecule has 0 bridgehead atoms. The van der Waals surface area contributed by atoms with Gasteiger partial charge in [0.15, 0.2) is 0 Å². The standard InChI is InChI=1S/C22H29N7O3/c1-4-13(2)8-19(30)25-16-12-28(3)17-7-5-6-14-9-18(29(20(14)17)22(16)32)21(31)23-10-15-11-24-27-26-15/h5-7,11,13,16,18H,4,8-10,12H2,1-3H3,(H,23,31)(H,25,30)(H,24,26,27)/t13-,16-,18-/m0/s1. The van der Waals surface area contributed by atoms with E-state index in [-0.39, 0.29) is 30.2 Å². The van der Waals surface area contributed by atoms with Gasteiger partial charge >= 0.3 is 0 Å². The van der Waals surface area contributed by atoms with Gasteiger partial charge in [-0.3, -0.25) is 19.3 Å². The number of H-pyrrole nitrogens is 1. The highest BCUT2D eigenvalue weighted by Crippen LogP contribution is 2.42. The van der Waals surface area contributed by atoms with E-state index in [2.05, 4.69) is 26.0 Å². The van der Waals surface area contributed by atoms with E-state index in [0.29, 0.717) is 25.1 Å². The highest BCUT2D eigenvalue weighted by atomic mass is 16.2. The molecule has 170 valence electrons. The summed E-state index contributed by atoms with van der Waals surface area (Å²) in [7, 11) is 1.90. The molecule has 2 aliphatic rings. The molecule has 32 heavy (non-hydrogen) atoms. The summed E-state index contributed by atoms with van der Waals surface area (Å²) in [5, 5.41) is 16.0. The number of nitrogens with zero attached hydrogens (tertiary/aromatic N) is 4. The summed E-state index contributed by atoms with van der Waals surface area (Å²) in [5.74, 6) is -0.444. The topological polar surface area (TPSA) is 123 Å². The lowest BCUT2D eigenvalue weighted by atomic mass is 10.0. The van der Waals surface area contributed by atoms with E-state index < -0.39 is 12.1 Å². The fourth-order valence-corrected chi connectivity index (χ4v) is 4.30. The molecule has 0 radical (unpaired) electrons. The third kappa shape index (κ3) is 4.17. The van der Waals surface area contributed by atoms with E-state index in [1.807, 2.05) is 44.0 Å². The number of likely N-dealkylation sites (N-methyl/N-ethyl adjacent to an activating group) is 1. The van der Waals surface area contributed by atoms with E-state index in [9.17, 15) is 14.4 Å². The van der Waals surface area contributed by atoms with Crippen molar-refractivity contribution in [2.45, 2.75) is 51.7 Å². The predicted octanol–water partition coefficient (Wildman–Crippen LogP) is 0.750. The number of rotatable bonds is 7. The molecular weight excluding hydrogens is 410 g/mol. The van der Waals surface area contributed by atoms with Gasteiger partial charge in [0.1, 0.15) is 17.8 Å². The monoisotopic (exact) mass is 439 g/mol. The summed E-state index contributed by atoms with van der Waals surface area (Å²) in [6.07, 6.45) is 3.21. The van der Waals surface area contributed by atoms with Gasteiger partial charge in [-0.1, -0.05) is 32.4 Å². The molecule has 1 aromatic carbocycles. The Kier molecular flexibility index (Phi) is 6.11. The van der Waals surface area contributed by atoms with Crippen LogP contribution in [-0.4, -0.2) is 58.8 Å². The van der Waals surface area contributed by atoms with Gasteiger partial charge in [-0.25, -0.2) is 0 Å². The molecule has 3 N–H and O–H groups in total. The first-order valence-electron chi connectivity index (χ1n) is 11.0. The molecule has 4 rings (SSSR count). The molecule has 0 unspecified atom stereocenters. The quantitative estimate of drug-likeness (QED) is 0.585. The highest BCUT2D eigenvalue weighted by Gasteiger charge is 2.45. The lowest BCUT2D eigenvalue weighted by molar-refractivity contribution is -0.129. The molecule has 3 amide bonds. The van der Waals surface area contributed by atoms with Crippen LogP contribution >= 0.6 is 0 Å². The first-order chi connectivity index (χ1) is 15.4. The summed E-state index contributed by atoms with van der Waals surface area (Å²) < 4.78 is 0. The van der Waals surface area contributed by atoms with Gasteiger partial charge in [-0.2, -0.15) is 15.4 Å². The van der Waals surface area contributed by atoms with Crippen LogP contribution in [0.2, 0.25) is 0 Å². The Labute approximate surface area is 186 Å². The van der Waals surface area contributed by atoms with Gasteiger partial charge < -0.3 is 15.5 Å². The van der Waals surface area contributed by atoms with Crippen LogP contribution in [-0.2, 0) is 27.3 Å². The molecule has 0 fully saturated rings. The van der Waals surface area contributed by atoms with Crippen LogP contribution in [0.3, 0.4) is 0 Å². The van der Waals surface area contributed by atoms with Gasteiger partial charge in [-0.05, 0) is 17.5 Å². The average molecular weight is 440 g/mol. The first kappa shape index (κ1) is 21.8. The van der Waals surface area contributed by atoms with Crippen molar-refractivity contribution in [3.05, 3.63) is 35.7 Å². The third-order valence-electron chi connectivity index (χ3n) is 6.24. The molecule has 3 heterocycles. The number of aromatic nitrogens is 3. The van der Waals surface area contributed by atoms with Gasteiger partial charge in [0.25, 0.3) is 5.91 Å². The van der Waals surface area contributed by atoms with Crippen LogP contribution < -0.4 is 20.4 Å². The third-order valence-corrected chi connectivity index (χ3v) is 6.24. The Bertz CT molecular complexity index is 1010. The summed E-state index contributed by atoms with van der Waals surface area (Å²) in [6.45, 7) is 4.60. The number of aromatic amines is 1. The zero-order valence-electron chi connectivity index (χ0n) is 18.6. The summed E-state index contributed by atoms with van der Waals surface area (Å²) in [6, 6.07) is 4.40. The van der Waals surface area contributed by atoms with Gasteiger partial charge in [0.05, 0.1) is 24.1 Å². The largest absolute Gasteiger partial charge is 0.370 e. The number of carbonyl (C=O) groups is 3. The fourth-order valence-electron chi connectivity index (χ4n) is 4.30. The van der Waals surface area contributed by atoms with Gasteiger partial charge in [-0.15, -0.1) is 0 Å². The number of hydrogen-bond donors (Lipinski definition) is 3. The Morgan fingerprint density at radius 2 is 2.16 bits per heavy atom. The number of para-hydroxylation sites is 1. The maximum atomic E-state index is 13.6. The molecule has 0 aliphatic carbocycles. The molecule has 0 saturated carbocycles. The smallest absolute Gasteiger partial charge is 0.252 e. The Hall–Kier alpha value is -3.43. The molecule has 10 heteroatoms. The van der Waals surface area contributed by atoms with Crippen molar-refractivity contribution < 1.29 is 14.4 Å². The van der Waals surface area contributed by atoms with Crippen LogP contribution in [0.25, 0.3) is 0 Å². The zero-order chi connectivity index (χ0) is 22.8. The summed E-state index contributed by atoms with van der Waals surface area (Å²) >= 11 is 0. The van der Waals surface area contributed by atoms with Crippen LogP contribution in [0.15, 0.2) is 24.4 Å². The number of nitrogens with one attached hydrogen (secondary N) is 3. The van der Waals surface area contributed by atoms with E-state index in [4.69, 9.17) is 0 Å². The number of carbonyl (C=O) groups excluding carboxylic acids is 3. The lowest BCUT2D eigenvalue weighted by Crippen LogP contribution is -2.56. The maximum absolute atomic E-state index is 13.6. The van der Waals surface area contributed by atoms with E-state index >= 15 is 0 Å². The van der Waals surface area contributed by atoms with E-state index in [0.717, 1.165) is 23.4 Å². The van der Waals surface area contributed by atoms with Crippen molar-refractivity contribution >= 4 is 29.1 Å². The maximum Gasteiger partial charge on any atom is 0.252 e. The summed E-state index contributed by atoms with van der Waals surface area (Å²) in [5.41, 5.74) is 3.17. The number of amides is 3. The second-order valence-electron chi connectivity index (χ2n) is 8.61. The number of benzene rings is 1. The van der Waals surface area contributed by atoms with Crippen LogP contribution in [0.4, 0.5) is 11.4 Å². The fraction of sp³-hybridized carbons (Fsp3) is 0.500. The highest BCUT2D eigenvalue weighted by molar-refractivity contribution is 6.10. The van der Waals surface area contributed by atoms with E-state index in [1.54, 1.807) is 4.90 Å². The van der Waals surface area contributed by atoms with Crippen LogP contribution in [0.5, 0.6) is 0 Å². The molecular formula is C22H29N7O3. The number of anilines is 2. The molecule has 3 atom stereocenters. The molecule has 0 spiro atoms. The van der Waals surface area contributed by atoms with Gasteiger partial charge in [0.2, 0.25) is 11.8 Å². The van der Waals surface area contributed by atoms with E-state index in [1.165, 1.54) is 6.20 Å². The normalized spacial score (nSPS) is 20.5. The zero-order valence-corrected chi connectivity index (χ0v) is 18.6. The van der Waals surface area contributed by atoms with Crippen molar-refractivity contribution in [1.82, 2.24) is 26.0 Å². The number of hydrogen-bond acceptors (Lipinski definition) is 6. The SMILES string of the molecule is CC[C@H](C)CC(=O)N[C@H]1CN(C)c2cccc3c2N(C1=O)[C@H](C(=O)NCc1cn[nH]n1)C3. The van der Waals surface area contributed by atoms with Crippen molar-refractivity contribution in [3.63, 3.8) is 0 Å². The van der Waals surface area contributed by atoms with Crippen molar-refractivity contribution in [3.8, 4) is 0 Å². The molecule has 2 aliphatic heterocycles. The minimum atomic E-state index is -0.735. The van der Waals surface area contributed by atoms with Gasteiger partial charge in [0, 0.05) is 26.4 Å². The second-order valence-corrected chi connectivity index (χ2v) is 8.61. The minimum Gasteiger partial charge on any atom is -0.370 e. The van der Waals surface area contributed by atoms with Crippen LogP contribution in [0.1, 0.15) is 37.9 Å². The minimum absolute atomic E-state index is 0.150. The Balaban J connectivity index is 1.59. The molecule has 0 saturated heterocycles. The lowest BCUT2D eigenvalue weighted by Gasteiger charge is -2.27. The predicted molar refractivity (Wildman–Crippen MR) is 119 cm³/mol. The molecule has 10 nitrogen and oxygen atoms in total. The van der Waals surface area contributed by atoms with Crippen LogP contribution in [0, 0.1) is 5.92 Å². The summed E-state index contributed by atoms with van der Waals surface area (Å²) in [4.78, 5) is 42.9. The average Bonchev–Trinajstić information content (AvgIpc) is 3.41. The molecule has 2 aromatic rings. The Morgan fingerprint density at radius 1 is 1.34 bits per heavy atom. The van der Waals surface area contributed by atoms with Crippen molar-refractivity contribution in [2.24, 2.45) is 5.92 Å². The van der Waals surface area contributed by atoms with Crippen molar-refractivity contribution in [1.29, 1.82) is 0 Å². The first-order valence-corrected chi connectivity index (χ1v) is 11.0. The second kappa shape index (κ2) is 8.97. The molecule has 1 aromatic heterocycles. The Morgan fingerprint density at radius 3 is 2.88 bits per heavy atom. The van der Waals surface area contributed by atoms with Crippen molar-refractivity contribution in [2.75, 3.05) is 23.4 Å².